The van der Waals surface area contributed by atoms with Crippen LogP contribution in [0.5, 0.6) is 0 Å². The number of sulfonamides is 1. The van der Waals surface area contributed by atoms with Gasteiger partial charge in [-0.3, -0.25) is 4.72 Å². The van der Waals surface area contributed by atoms with Gasteiger partial charge in [-0.15, -0.1) is 0 Å². The molecular formula is C19H23ClN2O4S. The van der Waals surface area contributed by atoms with Crippen molar-refractivity contribution in [2.45, 2.75) is 37.6 Å². The van der Waals surface area contributed by atoms with Gasteiger partial charge in [0.2, 0.25) is 0 Å². The third kappa shape index (κ3) is 5.61. The molecule has 2 aromatic rings. The van der Waals surface area contributed by atoms with Crippen LogP contribution in [0.15, 0.2) is 47.4 Å². The fourth-order valence-corrected chi connectivity index (χ4v) is 3.99. The summed E-state index contributed by atoms with van der Waals surface area (Å²) in [4.78, 5) is 11.8. The zero-order valence-corrected chi connectivity index (χ0v) is 17.0. The normalized spacial score (nSPS) is 12.3. The van der Waals surface area contributed by atoms with E-state index in [1.807, 2.05) is 6.92 Å². The first kappa shape index (κ1) is 21.1. The highest BCUT2D eigenvalue weighted by molar-refractivity contribution is 7.92. The fraction of sp³-hybridized carbons (Fsp3) is 0.316. The molecule has 0 radical (unpaired) electrons. The van der Waals surface area contributed by atoms with Crippen molar-refractivity contribution in [3.05, 3.63) is 53.1 Å². The van der Waals surface area contributed by atoms with E-state index in [-0.39, 0.29) is 16.5 Å². The zero-order valence-electron chi connectivity index (χ0n) is 15.5. The summed E-state index contributed by atoms with van der Waals surface area (Å²) >= 11 is 5.85. The molecule has 0 aliphatic heterocycles. The van der Waals surface area contributed by atoms with E-state index in [2.05, 4.69) is 17.0 Å². The van der Waals surface area contributed by atoms with Gasteiger partial charge < -0.3 is 10.1 Å². The molecule has 2 aromatic carbocycles. The Bertz CT molecular complexity index is 898. The Hall–Kier alpha value is -2.25. The molecule has 0 bridgehead atoms. The van der Waals surface area contributed by atoms with E-state index in [1.165, 1.54) is 19.2 Å². The number of anilines is 2. The maximum absolute atomic E-state index is 13.0. The van der Waals surface area contributed by atoms with Crippen molar-refractivity contribution in [3.8, 4) is 0 Å². The van der Waals surface area contributed by atoms with Crippen molar-refractivity contribution in [3.63, 3.8) is 0 Å². The Morgan fingerprint density at radius 3 is 2.44 bits per heavy atom. The van der Waals surface area contributed by atoms with E-state index < -0.39 is 16.0 Å². The largest absolute Gasteiger partial charge is 0.465 e. The molecule has 0 saturated heterocycles. The van der Waals surface area contributed by atoms with Crippen molar-refractivity contribution in [2.24, 2.45) is 0 Å². The standard InChI is InChI=1S/C19H23ClN2O4S/c1-4-5-13(2)21-17-11-6-14(19(23)26-3)12-18(17)27(24,25)22-16-9-7-15(20)8-10-16/h6-13,21-22H,4-5H2,1-3H3/t13-/m0/s1. The number of rotatable bonds is 8. The first-order chi connectivity index (χ1) is 12.8. The van der Waals surface area contributed by atoms with E-state index in [9.17, 15) is 13.2 Å². The number of hydrogen-bond acceptors (Lipinski definition) is 5. The molecule has 0 unspecified atom stereocenters. The van der Waals surface area contributed by atoms with Crippen LogP contribution in [0.4, 0.5) is 11.4 Å². The molecule has 6 nitrogen and oxygen atoms in total. The summed E-state index contributed by atoms with van der Waals surface area (Å²) in [7, 11) is -2.70. The van der Waals surface area contributed by atoms with Crippen LogP contribution in [0.1, 0.15) is 37.0 Å². The summed E-state index contributed by atoms with van der Waals surface area (Å²) in [5, 5.41) is 3.71. The second kappa shape index (κ2) is 9.10. The van der Waals surface area contributed by atoms with E-state index >= 15 is 0 Å². The first-order valence-corrected chi connectivity index (χ1v) is 10.4. The van der Waals surface area contributed by atoms with E-state index in [1.54, 1.807) is 30.3 Å². The molecular weight excluding hydrogens is 388 g/mol. The molecule has 146 valence electrons. The second-order valence-corrected chi connectivity index (χ2v) is 8.24. The molecule has 2 N–H and O–H groups in total. The number of halogens is 1. The van der Waals surface area contributed by atoms with Gasteiger partial charge in [-0.1, -0.05) is 24.9 Å². The lowest BCUT2D eigenvalue weighted by Crippen LogP contribution is -2.20. The van der Waals surface area contributed by atoms with Crippen LogP contribution in [0, 0.1) is 0 Å². The fourth-order valence-electron chi connectivity index (χ4n) is 2.61. The lowest BCUT2D eigenvalue weighted by atomic mass is 10.1. The Balaban J connectivity index is 2.45. The smallest absolute Gasteiger partial charge is 0.337 e. The Morgan fingerprint density at radius 2 is 1.85 bits per heavy atom. The molecule has 0 amide bonds. The Morgan fingerprint density at radius 1 is 1.19 bits per heavy atom. The summed E-state index contributed by atoms with van der Waals surface area (Å²) in [6, 6.07) is 10.8. The SMILES string of the molecule is CCC[C@H](C)Nc1ccc(C(=O)OC)cc1S(=O)(=O)Nc1ccc(Cl)cc1. The Labute approximate surface area is 164 Å². The van der Waals surface area contributed by atoms with Gasteiger partial charge in [-0.05, 0) is 55.8 Å². The molecule has 0 saturated carbocycles. The highest BCUT2D eigenvalue weighted by Gasteiger charge is 2.22. The summed E-state index contributed by atoms with van der Waals surface area (Å²) in [5.41, 5.74) is 0.947. The van der Waals surface area contributed by atoms with Crippen LogP contribution in [0.3, 0.4) is 0 Å². The summed E-state index contributed by atoms with van der Waals surface area (Å²) in [6.45, 7) is 4.03. The Kier molecular flexibility index (Phi) is 7.10. The zero-order chi connectivity index (χ0) is 20.0. The van der Waals surface area contributed by atoms with Gasteiger partial charge in [0.05, 0.1) is 18.4 Å². The molecule has 0 heterocycles. The van der Waals surface area contributed by atoms with Crippen molar-refractivity contribution >= 4 is 39.0 Å². The van der Waals surface area contributed by atoms with Gasteiger partial charge in [-0.25, -0.2) is 13.2 Å². The molecule has 8 heteroatoms. The molecule has 0 fully saturated rings. The average molecular weight is 411 g/mol. The van der Waals surface area contributed by atoms with Gasteiger partial charge in [0, 0.05) is 16.8 Å². The third-order valence-corrected chi connectivity index (χ3v) is 5.59. The minimum Gasteiger partial charge on any atom is -0.465 e. The van der Waals surface area contributed by atoms with Crippen LogP contribution >= 0.6 is 11.6 Å². The van der Waals surface area contributed by atoms with Crippen LogP contribution < -0.4 is 10.0 Å². The molecule has 0 aliphatic rings. The van der Waals surface area contributed by atoms with Gasteiger partial charge >= 0.3 is 5.97 Å². The second-order valence-electron chi connectivity index (χ2n) is 6.15. The lowest BCUT2D eigenvalue weighted by molar-refractivity contribution is 0.0600. The van der Waals surface area contributed by atoms with Crippen molar-refractivity contribution in [1.82, 2.24) is 0 Å². The molecule has 27 heavy (non-hydrogen) atoms. The molecule has 0 spiro atoms. The lowest BCUT2D eigenvalue weighted by Gasteiger charge is -2.19. The van der Waals surface area contributed by atoms with Crippen molar-refractivity contribution < 1.29 is 17.9 Å². The van der Waals surface area contributed by atoms with Gasteiger partial charge in [-0.2, -0.15) is 0 Å². The van der Waals surface area contributed by atoms with Crippen LogP contribution in [0.25, 0.3) is 0 Å². The van der Waals surface area contributed by atoms with Gasteiger partial charge in [0.1, 0.15) is 4.90 Å². The number of methoxy groups -OCH3 is 1. The van der Waals surface area contributed by atoms with E-state index in [4.69, 9.17) is 16.3 Å². The maximum Gasteiger partial charge on any atom is 0.337 e. The number of benzene rings is 2. The topological polar surface area (TPSA) is 84.5 Å². The summed E-state index contributed by atoms with van der Waals surface area (Å²) < 4.78 is 33.2. The first-order valence-electron chi connectivity index (χ1n) is 8.54. The number of nitrogens with one attached hydrogen (secondary N) is 2. The van der Waals surface area contributed by atoms with Crippen LogP contribution in [0.2, 0.25) is 5.02 Å². The number of esters is 1. The summed E-state index contributed by atoms with van der Waals surface area (Å²) in [6.07, 6.45) is 1.84. The van der Waals surface area contributed by atoms with E-state index in [0.717, 1.165) is 12.8 Å². The average Bonchev–Trinajstić information content (AvgIpc) is 2.63. The van der Waals surface area contributed by atoms with Crippen molar-refractivity contribution in [2.75, 3.05) is 17.1 Å². The predicted octanol–water partition coefficient (Wildman–Crippen LogP) is 4.53. The van der Waals surface area contributed by atoms with Crippen LogP contribution in [-0.4, -0.2) is 27.5 Å². The number of hydrogen-bond donors (Lipinski definition) is 2. The van der Waals surface area contributed by atoms with E-state index in [0.29, 0.717) is 16.4 Å². The van der Waals surface area contributed by atoms with Gasteiger partial charge in [0.25, 0.3) is 10.0 Å². The molecule has 0 aliphatic carbocycles. The third-order valence-electron chi connectivity index (χ3n) is 3.91. The number of ether oxygens (including phenoxy) is 1. The summed E-state index contributed by atoms with van der Waals surface area (Å²) in [5.74, 6) is -0.605. The molecule has 2 rings (SSSR count). The molecule has 0 aromatic heterocycles. The highest BCUT2D eigenvalue weighted by Crippen LogP contribution is 2.27. The van der Waals surface area contributed by atoms with Crippen LogP contribution in [-0.2, 0) is 14.8 Å². The minimum absolute atomic E-state index is 0.0247. The monoisotopic (exact) mass is 410 g/mol. The minimum atomic E-state index is -3.94. The van der Waals surface area contributed by atoms with Gasteiger partial charge in [0.15, 0.2) is 0 Å². The maximum atomic E-state index is 13.0. The quantitative estimate of drug-likeness (QED) is 0.624. The molecule has 1 atom stereocenters. The number of carbonyl (C=O) groups is 1. The van der Waals surface area contributed by atoms with Crippen molar-refractivity contribution in [1.29, 1.82) is 0 Å². The predicted molar refractivity (Wildman–Crippen MR) is 108 cm³/mol. The highest BCUT2D eigenvalue weighted by atomic mass is 35.5. The number of carbonyl (C=O) groups excluding carboxylic acids is 1.